The van der Waals surface area contributed by atoms with Crippen LogP contribution in [0.2, 0.25) is 0 Å². The number of rotatable bonds is 6. The van der Waals surface area contributed by atoms with Gasteiger partial charge in [-0.2, -0.15) is 13.2 Å². The van der Waals surface area contributed by atoms with Gasteiger partial charge in [-0.3, -0.25) is 19.2 Å². The monoisotopic (exact) mass is 481 g/mol. The topological polar surface area (TPSA) is 128 Å². The van der Waals surface area contributed by atoms with E-state index in [0.29, 0.717) is 10.6 Å². The number of ether oxygens (including phenoxy) is 1. The molecule has 0 aromatic heterocycles. The number of hydrogen-bond acceptors (Lipinski definition) is 6. The molecule has 0 fully saturated rings. The van der Waals surface area contributed by atoms with Gasteiger partial charge in [-0.1, -0.05) is 0 Å². The highest BCUT2D eigenvalue weighted by atomic mass is 32.2. The summed E-state index contributed by atoms with van der Waals surface area (Å²) in [6.45, 7) is 1.34. The first-order valence-corrected chi connectivity index (χ1v) is 10.4. The number of carbonyl (C=O) groups excluding carboxylic acids is 4. The van der Waals surface area contributed by atoms with Gasteiger partial charge in [-0.25, -0.2) is 0 Å². The van der Waals surface area contributed by atoms with Crippen LogP contribution in [-0.4, -0.2) is 35.0 Å². The Morgan fingerprint density at radius 3 is 2.45 bits per heavy atom. The van der Waals surface area contributed by atoms with Gasteiger partial charge in [0.05, 0.1) is 22.9 Å². The number of nitrogens with two attached hydrogens (primary N) is 1. The van der Waals surface area contributed by atoms with Crippen LogP contribution in [0.5, 0.6) is 0 Å². The number of thioether (sulfide) groups is 1. The third kappa shape index (κ3) is 6.04. The van der Waals surface area contributed by atoms with E-state index in [4.69, 9.17) is 10.5 Å². The van der Waals surface area contributed by atoms with Crippen molar-refractivity contribution in [2.75, 3.05) is 10.6 Å². The third-order valence-corrected chi connectivity index (χ3v) is 5.87. The molecule has 0 bridgehead atoms. The Balaban J connectivity index is 1.56. The summed E-state index contributed by atoms with van der Waals surface area (Å²) in [6.07, 6.45) is -6.13. The van der Waals surface area contributed by atoms with Gasteiger partial charge in [0.25, 0.3) is 5.91 Å². The Hall–Kier alpha value is -3.54. The lowest BCUT2D eigenvalue weighted by Gasteiger charge is -2.24. The van der Waals surface area contributed by atoms with Crippen molar-refractivity contribution in [2.24, 2.45) is 5.73 Å². The zero-order valence-electron chi connectivity index (χ0n) is 17.1. The van der Waals surface area contributed by atoms with Crippen LogP contribution in [0.1, 0.15) is 29.3 Å². The minimum absolute atomic E-state index is 0.0135. The number of amides is 3. The number of carbonyl (C=O) groups is 4. The summed E-state index contributed by atoms with van der Waals surface area (Å²) in [5.41, 5.74) is 4.87. The average molecular weight is 481 g/mol. The number of hydrogen-bond donors (Lipinski definition) is 3. The fourth-order valence-electron chi connectivity index (χ4n) is 2.87. The number of alkyl halides is 3. The molecule has 1 aliphatic heterocycles. The fourth-order valence-corrected chi connectivity index (χ4v) is 3.95. The highest BCUT2D eigenvalue weighted by Crippen LogP contribution is 2.40. The highest BCUT2D eigenvalue weighted by Gasteiger charge is 2.35. The molecule has 0 aliphatic carbocycles. The van der Waals surface area contributed by atoms with E-state index in [0.717, 1.165) is 23.9 Å². The first kappa shape index (κ1) is 24.1. The van der Waals surface area contributed by atoms with Crippen molar-refractivity contribution in [3.63, 3.8) is 0 Å². The molecule has 2 aromatic rings. The second kappa shape index (κ2) is 9.53. The SMILES string of the molecule is CC(OC(=O)CC1Sc2ccc(C(F)(F)F)cc2NC1=O)C(=O)Nc1ccc(C(N)=O)cc1. The van der Waals surface area contributed by atoms with Crippen LogP contribution in [-0.2, 0) is 25.3 Å². The molecular formula is C21H18F3N3O5S. The normalized spacial score (nSPS) is 16.2. The molecule has 1 aliphatic rings. The van der Waals surface area contributed by atoms with Crippen LogP contribution in [0, 0.1) is 0 Å². The number of halogens is 3. The van der Waals surface area contributed by atoms with Crippen LogP contribution < -0.4 is 16.4 Å². The Bertz CT molecular complexity index is 1110. The maximum absolute atomic E-state index is 12.8. The van der Waals surface area contributed by atoms with Gasteiger partial charge in [0, 0.05) is 16.1 Å². The van der Waals surface area contributed by atoms with E-state index in [1.165, 1.54) is 37.3 Å². The fraction of sp³-hybridized carbons (Fsp3) is 0.238. The molecule has 2 atom stereocenters. The number of anilines is 2. The smallest absolute Gasteiger partial charge is 0.416 e. The molecule has 2 unspecified atom stereocenters. The van der Waals surface area contributed by atoms with Gasteiger partial charge >= 0.3 is 12.1 Å². The molecule has 0 saturated carbocycles. The number of nitrogens with one attached hydrogen (secondary N) is 2. The number of esters is 1. The van der Waals surface area contributed by atoms with Crippen molar-refractivity contribution in [1.82, 2.24) is 0 Å². The highest BCUT2D eigenvalue weighted by molar-refractivity contribution is 8.01. The van der Waals surface area contributed by atoms with Crippen molar-refractivity contribution in [1.29, 1.82) is 0 Å². The molecule has 4 N–H and O–H groups in total. The van der Waals surface area contributed by atoms with Gasteiger partial charge in [-0.05, 0) is 49.4 Å². The van der Waals surface area contributed by atoms with E-state index in [1.807, 2.05) is 0 Å². The Kier molecular flexibility index (Phi) is 6.96. The van der Waals surface area contributed by atoms with Gasteiger partial charge < -0.3 is 21.1 Å². The number of fused-ring (bicyclic) bond motifs is 1. The largest absolute Gasteiger partial charge is 0.452 e. The van der Waals surface area contributed by atoms with Gasteiger partial charge in [0.1, 0.15) is 0 Å². The molecular weight excluding hydrogens is 463 g/mol. The maximum Gasteiger partial charge on any atom is 0.416 e. The molecule has 0 spiro atoms. The molecule has 8 nitrogen and oxygen atoms in total. The standard InChI is InChI=1S/C21H18F3N3O5S/c1-10(19(30)26-13-5-2-11(3-6-13)18(25)29)32-17(28)9-16-20(31)27-14-8-12(21(22,23)24)4-7-15(14)33-16/h2-8,10,16H,9H2,1H3,(H2,25,29)(H,26,30)(H,27,31). The second-order valence-electron chi connectivity index (χ2n) is 7.07. The zero-order valence-corrected chi connectivity index (χ0v) is 17.9. The number of benzene rings is 2. The van der Waals surface area contributed by atoms with E-state index in [9.17, 15) is 32.3 Å². The summed E-state index contributed by atoms with van der Waals surface area (Å²) < 4.78 is 43.6. The summed E-state index contributed by atoms with van der Waals surface area (Å²) in [4.78, 5) is 48.2. The summed E-state index contributed by atoms with van der Waals surface area (Å²) in [5.74, 6) is -2.73. The molecule has 174 valence electrons. The second-order valence-corrected chi connectivity index (χ2v) is 8.32. The molecule has 0 radical (unpaired) electrons. The number of primary amides is 1. The zero-order chi connectivity index (χ0) is 24.3. The Morgan fingerprint density at radius 1 is 1.18 bits per heavy atom. The first-order chi connectivity index (χ1) is 15.4. The molecule has 1 heterocycles. The first-order valence-electron chi connectivity index (χ1n) is 9.53. The van der Waals surface area contributed by atoms with E-state index in [2.05, 4.69) is 10.6 Å². The van der Waals surface area contributed by atoms with E-state index in [1.54, 1.807) is 0 Å². The predicted molar refractivity (Wildman–Crippen MR) is 113 cm³/mol. The van der Waals surface area contributed by atoms with Gasteiger partial charge in [0.15, 0.2) is 6.10 Å². The summed E-state index contributed by atoms with van der Waals surface area (Å²) in [7, 11) is 0. The van der Waals surface area contributed by atoms with E-state index < -0.39 is 46.8 Å². The molecule has 0 saturated heterocycles. The van der Waals surface area contributed by atoms with Gasteiger partial charge in [0.2, 0.25) is 11.8 Å². The maximum atomic E-state index is 12.8. The van der Waals surface area contributed by atoms with E-state index in [-0.39, 0.29) is 17.7 Å². The summed E-state index contributed by atoms with van der Waals surface area (Å²) in [6, 6.07) is 8.69. The van der Waals surface area contributed by atoms with E-state index >= 15 is 0 Å². The summed E-state index contributed by atoms with van der Waals surface area (Å²) in [5, 5.41) is 3.95. The van der Waals surface area contributed by atoms with Crippen molar-refractivity contribution >= 4 is 46.8 Å². The lowest BCUT2D eigenvalue weighted by Crippen LogP contribution is -2.34. The van der Waals surface area contributed by atoms with Crippen LogP contribution >= 0.6 is 11.8 Å². The van der Waals surface area contributed by atoms with Crippen molar-refractivity contribution in [3.8, 4) is 0 Å². The minimum atomic E-state index is -4.55. The van der Waals surface area contributed by atoms with Gasteiger partial charge in [-0.15, -0.1) is 11.8 Å². The van der Waals surface area contributed by atoms with Crippen LogP contribution in [0.15, 0.2) is 47.4 Å². The Labute approximate surface area is 190 Å². The Morgan fingerprint density at radius 2 is 1.85 bits per heavy atom. The van der Waals surface area contributed by atoms with Crippen LogP contribution in [0.3, 0.4) is 0 Å². The third-order valence-electron chi connectivity index (χ3n) is 4.59. The van der Waals surface area contributed by atoms with Crippen molar-refractivity contribution in [2.45, 2.75) is 35.8 Å². The average Bonchev–Trinajstić information content (AvgIpc) is 2.73. The molecule has 3 amide bonds. The lowest BCUT2D eigenvalue weighted by atomic mass is 10.1. The summed E-state index contributed by atoms with van der Waals surface area (Å²) >= 11 is 0.936. The predicted octanol–water partition coefficient (Wildman–Crippen LogP) is 3.18. The minimum Gasteiger partial charge on any atom is -0.452 e. The molecule has 12 heteroatoms. The molecule has 3 rings (SSSR count). The van der Waals surface area contributed by atoms with Crippen LogP contribution in [0.25, 0.3) is 0 Å². The molecule has 33 heavy (non-hydrogen) atoms. The molecule has 2 aromatic carbocycles. The van der Waals surface area contributed by atoms with Crippen molar-refractivity contribution < 1.29 is 37.1 Å². The quantitative estimate of drug-likeness (QED) is 0.544. The lowest BCUT2D eigenvalue weighted by molar-refractivity contribution is -0.153. The van der Waals surface area contributed by atoms with Crippen LogP contribution in [0.4, 0.5) is 24.5 Å². The van der Waals surface area contributed by atoms with Crippen molar-refractivity contribution in [3.05, 3.63) is 53.6 Å².